The van der Waals surface area contributed by atoms with E-state index < -0.39 is 18.0 Å². The molecule has 0 spiro atoms. The molecule has 0 aliphatic heterocycles. The molecule has 0 unspecified atom stereocenters. The summed E-state index contributed by atoms with van der Waals surface area (Å²) in [5.41, 5.74) is -0.0856. The van der Waals surface area contributed by atoms with Gasteiger partial charge < -0.3 is 14.8 Å². The molecule has 0 heterocycles. The van der Waals surface area contributed by atoms with Crippen LogP contribution in [0.25, 0.3) is 0 Å². The summed E-state index contributed by atoms with van der Waals surface area (Å²) in [5, 5.41) is 2.25. The Balaban J connectivity index is 2.93. The van der Waals surface area contributed by atoms with E-state index in [2.05, 4.69) is 30.7 Å². The van der Waals surface area contributed by atoms with Crippen LogP contribution >= 0.6 is 15.9 Å². The smallest absolute Gasteiger partial charge is 0.404 e. The number of carbonyl (C=O) groups is 1. The summed E-state index contributed by atoms with van der Waals surface area (Å²) < 4.78 is 45.2. The average Bonchev–Trinajstić information content (AvgIpc) is 2.20. The van der Waals surface area contributed by atoms with E-state index in [1.165, 1.54) is 19.2 Å². The summed E-state index contributed by atoms with van der Waals surface area (Å²) in [6.45, 7) is -0.262. The van der Waals surface area contributed by atoms with Gasteiger partial charge in [0.2, 0.25) is 5.91 Å². The molecule has 0 atom stereocenters. The van der Waals surface area contributed by atoms with Crippen molar-refractivity contribution in [2.45, 2.75) is 6.36 Å². The quantitative estimate of drug-likeness (QED) is 0.924. The molecule has 0 fully saturated rings. The molecule has 0 aliphatic rings. The molecule has 1 N–H and O–H groups in total. The highest BCUT2D eigenvalue weighted by Gasteiger charge is 2.32. The molecule has 1 aromatic carbocycles. The van der Waals surface area contributed by atoms with Crippen molar-refractivity contribution in [2.75, 3.05) is 19.0 Å². The lowest BCUT2D eigenvalue weighted by Crippen LogP contribution is -2.21. The van der Waals surface area contributed by atoms with Gasteiger partial charge in [-0.15, -0.1) is 13.2 Å². The van der Waals surface area contributed by atoms with Gasteiger partial charge in [0.15, 0.2) is 5.75 Å². The predicted molar refractivity (Wildman–Crippen MR) is 61.3 cm³/mol. The zero-order valence-corrected chi connectivity index (χ0v) is 10.8. The Labute approximate surface area is 109 Å². The normalized spacial score (nSPS) is 11.2. The van der Waals surface area contributed by atoms with Gasteiger partial charge in [-0.3, -0.25) is 4.79 Å². The summed E-state index contributed by atoms with van der Waals surface area (Å²) in [6, 6.07) is 3.88. The number of hydrogen-bond donors (Lipinski definition) is 1. The van der Waals surface area contributed by atoms with Gasteiger partial charge in [0, 0.05) is 11.6 Å². The number of halogens is 4. The predicted octanol–water partition coefficient (Wildman–Crippen LogP) is 2.93. The summed E-state index contributed by atoms with van der Waals surface area (Å²) in [4.78, 5) is 11.2. The van der Waals surface area contributed by atoms with E-state index in [0.717, 1.165) is 6.07 Å². The minimum Gasteiger partial charge on any atom is -0.404 e. The van der Waals surface area contributed by atoms with Crippen LogP contribution in [-0.2, 0) is 9.53 Å². The largest absolute Gasteiger partial charge is 0.573 e. The maximum Gasteiger partial charge on any atom is 0.573 e. The first-order valence-corrected chi connectivity index (χ1v) is 5.45. The van der Waals surface area contributed by atoms with Crippen LogP contribution in [0.15, 0.2) is 22.7 Å². The molecule has 0 aliphatic carbocycles. The number of anilines is 1. The lowest BCUT2D eigenvalue weighted by molar-refractivity contribution is -0.274. The highest BCUT2D eigenvalue weighted by atomic mass is 79.9. The Bertz CT molecular complexity index is 437. The van der Waals surface area contributed by atoms with Crippen molar-refractivity contribution in [1.82, 2.24) is 0 Å². The average molecular weight is 328 g/mol. The second-order valence-electron chi connectivity index (χ2n) is 3.17. The highest BCUT2D eigenvalue weighted by Crippen LogP contribution is 2.32. The third-order valence-corrected chi connectivity index (χ3v) is 2.21. The van der Waals surface area contributed by atoms with Gasteiger partial charge >= 0.3 is 6.36 Å². The maximum absolute atomic E-state index is 12.2. The molecule has 1 rings (SSSR count). The second kappa shape index (κ2) is 6.05. The van der Waals surface area contributed by atoms with Gasteiger partial charge in [-0.25, -0.2) is 0 Å². The van der Waals surface area contributed by atoms with E-state index >= 15 is 0 Å². The van der Waals surface area contributed by atoms with E-state index in [9.17, 15) is 18.0 Å². The summed E-state index contributed by atoms with van der Waals surface area (Å²) in [7, 11) is 1.30. The Hall–Kier alpha value is -1.28. The first-order valence-electron chi connectivity index (χ1n) is 4.66. The van der Waals surface area contributed by atoms with Crippen molar-refractivity contribution in [3.8, 4) is 5.75 Å². The number of amides is 1. The van der Waals surface area contributed by atoms with Gasteiger partial charge in [0.05, 0.1) is 5.69 Å². The molecular weight excluding hydrogens is 319 g/mol. The van der Waals surface area contributed by atoms with Crippen LogP contribution in [0, 0.1) is 0 Å². The zero-order valence-electron chi connectivity index (χ0n) is 9.18. The molecule has 0 aromatic heterocycles. The van der Waals surface area contributed by atoms with Crippen LogP contribution in [0.3, 0.4) is 0 Å². The number of benzene rings is 1. The molecule has 100 valence electrons. The molecule has 18 heavy (non-hydrogen) atoms. The number of hydrogen-bond acceptors (Lipinski definition) is 3. The molecule has 0 saturated carbocycles. The number of methoxy groups -OCH3 is 1. The van der Waals surface area contributed by atoms with E-state index in [0.29, 0.717) is 4.47 Å². The Morgan fingerprint density at radius 3 is 2.67 bits per heavy atom. The van der Waals surface area contributed by atoms with E-state index in [-0.39, 0.29) is 12.3 Å². The summed E-state index contributed by atoms with van der Waals surface area (Å²) >= 11 is 3.02. The van der Waals surface area contributed by atoms with Gasteiger partial charge in [-0.1, -0.05) is 15.9 Å². The van der Waals surface area contributed by atoms with E-state index in [1.54, 1.807) is 0 Å². The molecule has 8 heteroatoms. The van der Waals surface area contributed by atoms with Crippen molar-refractivity contribution >= 4 is 27.5 Å². The lowest BCUT2D eigenvalue weighted by Gasteiger charge is -2.14. The first-order chi connectivity index (χ1) is 8.31. The van der Waals surface area contributed by atoms with Crippen molar-refractivity contribution in [3.63, 3.8) is 0 Å². The number of nitrogens with one attached hydrogen (secondary N) is 1. The minimum absolute atomic E-state index is 0.0856. The maximum atomic E-state index is 12.2. The minimum atomic E-state index is -4.83. The van der Waals surface area contributed by atoms with Crippen LogP contribution < -0.4 is 10.1 Å². The van der Waals surface area contributed by atoms with Gasteiger partial charge in [0.1, 0.15) is 6.61 Å². The number of ether oxygens (including phenoxy) is 2. The van der Waals surface area contributed by atoms with Crippen LogP contribution in [0.1, 0.15) is 0 Å². The summed E-state index contributed by atoms with van der Waals surface area (Å²) in [5.74, 6) is -1.08. The first kappa shape index (κ1) is 14.8. The van der Waals surface area contributed by atoms with Gasteiger partial charge in [-0.05, 0) is 18.2 Å². The molecule has 0 saturated heterocycles. The third-order valence-electron chi connectivity index (χ3n) is 1.72. The standard InChI is InChI=1S/C10H9BrF3NO3/c1-17-5-9(16)15-7-3-2-6(11)4-8(7)18-10(12,13)14/h2-4H,5H2,1H3,(H,15,16). The SMILES string of the molecule is COCC(=O)Nc1ccc(Br)cc1OC(F)(F)F. The third kappa shape index (κ3) is 4.92. The van der Waals surface area contributed by atoms with Crippen LogP contribution in [-0.4, -0.2) is 26.0 Å². The van der Waals surface area contributed by atoms with Crippen LogP contribution in [0.2, 0.25) is 0 Å². The summed E-state index contributed by atoms with van der Waals surface area (Å²) in [6.07, 6.45) is -4.83. The number of rotatable bonds is 4. The number of carbonyl (C=O) groups excluding carboxylic acids is 1. The monoisotopic (exact) mass is 327 g/mol. The van der Waals surface area contributed by atoms with Crippen molar-refractivity contribution < 1.29 is 27.4 Å². The van der Waals surface area contributed by atoms with Crippen LogP contribution in [0.4, 0.5) is 18.9 Å². The lowest BCUT2D eigenvalue weighted by atomic mass is 10.3. The van der Waals surface area contributed by atoms with Crippen molar-refractivity contribution in [1.29, 1.82) is 0 Å². The fourth-order valence-corrected chi connectivity index (χ4v) is 1.47. The fraction of sp³-hybridized carbons (Fsp3) is 0.300. The Morgan fingerprint density at radius 1 is 1.44 bits per heavy atom. The fourth-order valence-electron chi connectivity index (χ4n) is 1.13. The van der Waals surface area contributed by atoms with E-state index in [1.807, 2.05) is 0 Å². The topological polar surface area (TPSA) is 47.6 Å². The molecule has 0 bridgehead atoms. The Morgan fingerprint density at radius 2 is 2.11 bits per heavy atom. The molecule has 0 radical (unpaired) electrons. The molecule has 1 amide bonds. The highest BCUT2D eigenvalue weighted by molar-refractivity contribution is 9.10. The second-order valence-corrected chi connectivity index (χ2v) is 4.09. The van der Waals surface area contributed by atoms with Crippen molar-refractivity contribution in [2.24, 2.45) is 0 Å². The molecule has 1 aromatic rings. The molecular formula is C10H9BrF3NO3. The number of alkyl halides is 3. The zero-order chi connectivity index (χ0) is 13.8. The van der Waals surface area contributed by atoms with Crippen molar-refractivity contribution in [3.05, 3.63) is 22.7 Å². The Kier molecular flexibility index (Phi) is 4.97. The molecule has 4 nitrogen and oxygen atoms in total. The van der Waals surface area contributed by atoms with Crippen LogP contribution in [0.5, 0.6) is 5.75 Å². The van der Waals surface area contributed by atoms with Gasteiger partial charge in [0.25, 0.3) is 0 Å². The van der Waals surface area contributed by atoms with Gasteiger partial charge in [-0.2, -0.15) is 0 Å². The van der Waals surface area contributed by atoms with E-state index in [4.69, 9.17) is 0 Å².